The summed E-state index contributed by atoms with van der Waals surface area (Å²) < 4.78 is 37.1. The van der Waals surface area contributed by atoms with Crippen molar-refractivity contribution in [1.29, 1.82) is 0 Å². The van der Waals surface area contributed by atoms with Crippen LogP contribution in [0.5, 0.6) is 0 Å². The maximum atomic E-state index is 12.4. The summed E-state index contributed by atoms with van der Waals surface area (Å²) >= 11 is 1.22. The molecule has 0 aliphatic heterocycles. The number of azide groups is 1. The van der Waals surface area contributed by atoms with E-state index in [1.165, 1.54) is 17.8 Å². The first-order valence-electron chi connectivity index (χ1n) is 5.35. The molecule has 2 aromatic rings. The summed E-state index contributed by atoms with van der Waals surface area (Å²) in [7, 11) is 0. The molecule has 1 aromatic carbocycles. The number of rotatable bonds is 3. The van der Waals surface area contributed by atoms with E-state index in [1.54, 1.807) is 24.3 Å². The van der Waals surface area contributed by atoms with Gasteiger partial charge in [0, 0.05) is 21.7 Å². The van der Waals surface area contributed by atoms with Crippen molar-refractivity contribution in [2.24, 2.45) is 5.11 Å². The minimum Gasteiger partial charge on any atom is -0.249 e. The number of halogens is 3. The van der Waals surface area contributed by atoms with Gasteiger partial charge in [-0.15, -0.1) is 0 Å². The number of aromatic nitrogens is 1. The Morgan fingerprint density at radius 1 is 1.10 bits per heavy atom. The summed E-state index contributed by atoms with van der Waals surface area (Å²) in [6.07, 6.45) is -3.58. The molecular weight excluding hydrogens is 289 g/mol. The highest BCUT2D eigenvalue weighted by molar-refractivity contribution is 7.99. The Morgan fingerprint density at radius 3 is 2.30 bits per heavy atom. The number of nitrogens with zero attached hydrogens (tertiary/aromatic N) is 4. The van der Waals surface area contributed by atoms with Crippen molar-refractivity contribution in [2.45, 2.75) is 16.1 Å². The normalized spacial score (nSPS) is 10.9. The molecule has 0 radical (unpaired) electrons. The van der Waals surface area contributed by atoms with E-state index < -0.39 is 11.7 Å². The predicted octanol–water partition coefficient (Wildman–Crippen LogP) is 5.19. The number of alkyl halides is 3. The van der Waals surface area contributed by atoms with Crippen molar-refractivity contribution in [2.75, 3.05) is 0 Å². The van der Waals surface area contributed by atoms with Gasteiger partial charge in [0.25, 0.3) is 0 Å². The van der Waals surface area contributed by atoms with Crippen LogP contribution in [0.15, 0.2) is 57.6 Å². The van der Waals surface area contributed by atoms with Gasteiger partial charge in [0.1, 0.15) is 5.03 Å². The lowest BCUT2D eigenvalue weighted by Gasteiger charge is -2.06. The van der Waals surface area contributed by atoms with Crippen LogP contribution in [-0.2, 0) is 6.18 Å². The van der Waals surface area contributed by atoms with E-state index in [9.17, 15) is 13.2 Å². The predicted molar refractivity (Wildman–Crippen MR) is 68.6 cm³/mol. The number of pyridine rings is 1. The van der Waals surface area contributed by atoms with Gasteiger partial charge in [-0.3, -0.25) is 0 Å². The van der Waals surface area contributed by atoms with Crippen LogP contribution in [0.1, 0.15) is 5.56 Å². The lowest BCUT2D eigenvalue weighted by atomic mass is 10.3. The fourth-order valence-electron chi connectivity index (χ4n) is 1.36. The van der Waals surface area contributed by atoms with E-state index >= 15 is 0 Å². The van der Waals surface area contributed by atoms with Gasteiger partial charge >= 0.3 is 6.18 Å². The van der Waals surface area contributed by atoms with Crippen LogP contribution in [-0.4, -0.2) is 4.98 Å². The summed E-state index contributed by atoms with van der Waals surface area (Å²) in [4.78, 5) is 7.20. The van der Waals surface area contributed by atoms with Crippen LogP contribution in [0.3, 0.4) is 0 Å². The third-order valence-corrected chi connectivity index (χ3v) is 3.24. The summed E-state index contributed by atoms with van der Waals surface area (Å²) in [6, 6.07) is 8.94. The van der Waals surface area contributed by atoms with E-state index in [0.29, 0.717) is 10.7 Å². The molecule has 0 bridgehead atoms. The fourth-order valence-corrected chi connectivity index (χ4v) is 2.12. The number of hydrogen-bond donors (Lipinski definition) is 0. The molecular formula is C12H7F3N4S. The number of benzene rings is 1. The molecule has 0 saturated heterocycles. The van der Waals surface area contributed by atoms with Gasteiger partial charge in [-0.1, -0.05) is 29.0 Å². The molecule has 0 aliphatic carbocycles. The van der Waals surface area contributed by atoms with Crippen molar-refractivity contribution < 1.29 is 13.2 Å². The Kier molecular flexibility index (Phi) is 4.16. The zero-order valence-electron chi connectivity index (χ0n) is 9.87. The Bertz CT molecular complexity index is 631. The molecule has 0 N–H and O–H groups in total. The van der Waals surface area contributed by atoms with Gasteiger partial charge in [-0.25, -0.2) is 4.98 Å². The van der Waals surface area contributed by atoms with Gasteiger partial charge in [0.2, 0.25) is 0 Å². The molecule has 102 valence electrons. The smallest absolute Gasteiger partial charge is 0.249 e. The molecule has 0 aliphatic rings. The number of hydrogen-bond acceptors (Lipinski definition) is 3. The minimum atomic E-state index is -4.38. The first kappa shape index (κ1) is 14.2. The van der Waals surface area contributed by atoms with E-state index in [2.05, 4.69) is 15.0 Å². The molecule has 0 unspecified atom stereocenters. The fraction of sp³-hybridized carbons (Fsp3) is 0.0833. The Morgan fingerprint density at radius 2 is 1.80 bits per heavy atom. The van der Waals surface area contributed by atoms with Crippen molar-refractivity contribution in [3.63, 3.8) is 0 Å². The molecule has 0 atom stereocenters. The van der Waals surface area contributed by atoms with Crippen LogP contribution < -0.4 is 0 Å². The summed E-state index contributed by atoms with van der Waals surface area (Å²) in [5.41, 5.74) is 7.96. The second-order valence-electron chi connectivity index (χ2n) is 3.67. The van der Waals surface area contributed by atoms with Crippen molar-refractivity contribution in [3.05, 3.63) is 58.6 Å². The van der Waals surface area contributed by atoms with Gasteiger partial charge in [-0.05, 0) is 29.8 Å². The lowest BCUT2D eigenvalue weighted by Crippen LogP contribution is -2.04. The molecule has 2 rings (SSSR count). The molecule has 8 heteroatoms. The second-order valence-corrected chi connectivity index (χ2v) is 4.76. The van der Waals surface area contributed by atoms with Gasteiger partial charge in [0.05, 0.1) is 5.56 Å². The summed E-state index contributed by atoms with van der Waals surface area (Å²) in [5, 5.41) is 3.88. The Balaban J connectivity index is 2.12. The molecule has 4 nitrogen and oxygen atoms in total. The van der Waals surface area contributed by atoms with Crippen LogP contribution >= 0.6 is 11.8 Å². The SMILES string of the molecule is [N-]=[N+]=Nc1ccc(Sc2ccc(C(F)(F)F)cn2)cc1. The first-order chi connectivity index (χ1) is 9.49. The maximum absolute atomic E-state index is 12.4. The monoisotopic (exact) mass is 296 g/mol. The standard InChI is InChI=1S/C12H7F3N4S/c13-12(14,15)8-1-6-11(17-7-8)20-10-4-2-9(3-5-10)18-19-16/h1-7H. The average Bonchev–Trinajstić information content (AvgIpc) is 2.41. The third kappa shape index (κ3) is 3.66. The van der Waals surface area contributed by atoms with Crippen LogP contribution in [0.2, 0.25) is 0 Å². The van der Waals surface area contributed by atoms with Gasteiger partial charge in [0.15, 0.2) is 0 Å². The highest BCUT2D eigenvalue weighted by Gasteiger charge is 2.30. The average molecular weight is 296 g/mol. The summed E-state index contributed by atoms with van der Waals surface area (Å²) in [5.74, 6) is 0. The minimum absolute atomic E-state index is 0.453. The zero-order valence-corrected chi connectivity index (χ0v) is 10.7. The van der Waals surface area contributed by atoms with Gasteiger partial charge < -0.3 is 0 Å². The van der Waals surface area contributed by atoms with Crippen LogP contribution in [0, 0.1) is 0 Å². The zero-order chi connectivity index (χ0) is 14.6. The summed E-state index contributed by atoms with van der Waals surface area (Å²) in [6.45, 7) is 0. The Labute approximate surface area is 116 Å². The first-order valence-corrected chi connectivity index (χ1v) is 6.17. The lowest BCUT2D eigenvalue weighted by molar-refractivity contribution is -0.137. The van der Waals surface area contributed by atoms with Crippen LogP contribution in [0.25, 0.3) is 10.4 Å². The molecule has 0 saturated carbocycles. The molecule has 1 heterocycles. The van der Waals surface area contributed by atoms with Crippen molar-refractivity contribution in [1.82, 2.24) is 4.98 Å². The molecule has 1 aromatic heterocycles. The van der Waals surface area contributed by atoms with E-state index in [-0.39, 0.29) is 0 Å². The maximum Gasteiger partial charge on any atom is 0.417 e. The quantitative estimate of drug-likeness (QED) is 0.444. The van der Waals surface area contributed by atoms with E-state index in [1.807, 2.05) is 0 Å². The highest BCUT2D eigenvalue weighted by atomic mass is 32.2. The van der Waals surface area contributed by atoms with Crippen molar-refractivity contribution in [3.8, 4) is 0 Å². The Hall–Kier alpha value is -2.18. The topological polar surface area (TPSA) is 61.7 Å². The third-order valence-electron chi connectivity index (χ3n) is 2.28. The van der Waals surface area contributed by atoms with E-state index in [0.717, 1.165) is 17.2 Å². The molecule has 0 fully saturated rings. The highest BCUT2D eigenvalue weighted by Crippen LogP contribution is 2.32. The molecule has 0 amide bonds. The second kappa shape index (κ2) is 5.85. The molecule has 20 heavy (non-hydrogen) atoms. The van der Waals surface area contributed by atoms with Crippen LogP contribution in [0.4, 0.5) is 18.9 Å². The van der Waals surface area contributed by atoms with E-state index in [4.69, 9.17) is 5.53 Å². The largest absolute Gasteiger partial charge is 0.417 e. The molecule has 0 spiro atoms. The van der Waals surface area contributed by atoms with Gasteiger partial charge in [-0.2, -0.15) is 13.2 Å². The van der Waals surface area contributed by atoms with Crippen molar-refractivity contribution >= 4 is 17.4 Å².